The van der Waals surface area contributed by atoms with Crippen molar-refractivity contribution in [3.05, 3.63) is 64.7 Å². The maximum Gasteiger partial charge on any atom is 0.115 e. The van der Waals surface area contributed by atoms with Gasteiger partial charge >= 0.3 is 0 Å². The molecule has 0 bridgehead atoms. The lowest BCUT2D eigenvalue weighted by molar-refractivity contribution is 0.473. The molecule has 1 atom stereocenters. The van der Waals surface area contributed by atoms with Crippen molar-refractivity contribution in [3.8, 4) is 5.75 Å². The Bertz CT molecular complexity index is 540. The Morgan fingerprint density at radius 1 is 1.00 bits per heavy atom. The third-order valence-electron chi connectivity index (χ3n) is 3.12. The van der Waals surface area contributed by atoms with Crippen molar-refractivity contribution in [1.82, 2.24) is 0 Å². The summed E-state index contributed by atoms with van der Waals surface area (Å²) in [5.41, 5.74) is 2.22. The number of rotatable bonds is 5. The number of alkyl halides is 1. The summed E-state index contributed by atoms with van der Waals surface area (Å²) in [6, 6.07) is 15.2. The number of phenolic OH excluding ortho intramolecular Hbond substituents is 1. The topological polar surface area (TPSA) is 20.2 Å². The molecule has 19 heavy (non-hydrogen) atoms. The van der Waals surface area contributed by atoms with Crippen LogP contribution in [0.1, 0.15) is 11.1 Å². The van der Waals surface area contributed by atoms with E-state index < -0.39 is 0 Å². The minimum Gasteiger partial charge on any atom is -0.508 e. The van der Waals surface area contributed by atoms with Crippen molar-refractivity contribution in [2.75, 3.05) is 5.88 Å². The molecule has 2 aromatic rings. The van der Waals surface area contributed by atoms with Gasteiger partial charge in [-0.2, -0.15) is 0 Å². The Kier molecular flexibility index (Phi) is 5.12. The summed E-state index contributed by atoms with van der Waals surface area (Å²) < 4.78 is 0. The van der Waals surface area contributed by atoms with E-state index in [1.807, 2.05) is 36.4 Å². The van der Waals surface area contributed by atoms with Gasteiger partial charge in [0.1, 0.15) is 5.75 Å². The molecule has 0 saturated heterocycles. The van der Waals surface area contributed by atoms with Gasteiger partial charge in [-0.3, -0.25) is 0 Å². The summed E-state index contributed by atoms with van der Waals surface area (Å²) in [5.74, 6) is 1.17. The van der Waals surface area contributed by atoms with E-state index in [0.717, 1.165) is 29.0 Å². The van der Waals surface area contributed by atoms with Gasteiger partial charge in [-0.15, -0.1) is 11.6 Å². The van der Waals surface area contributed by atoms with E-state index in [4.69, 9.17) is 23.2 Å². The number of phenols is 1. The highest BCUT2D eigenvalue weighted by atomic mass is 35.5. The Morgan fingerprint density at radius 2 is 1.79 bits per heavy atom. The van der Waals surface area contributed by atoms with Crippen molar-refractivity contribution in [2.24, 2.45) is 5.92 Å². The average Bonchev–Trinajstić information content (AvgIpc) is 2.40. The zero-order valence-corrected chi connectivity index (χ0v) is 12.0. The van der Waals surface area contributed by atoms with Crippen molar-refractivity contribution in [3.63, 3.8) is 0 Å². The summed E-state index contributed by atoms with van der Waals surface area (Å²) in [4.78, 5) is 0. The van der Waals surface area contributed by atoms with E-state index in [0.29, 0.717) is 17.5 Å². The van der Waals surface area contributed by atoms with Crippen LogP contribution in [0.2, 0.25) is 5.02 Å². The van der Waals surface area contributed by atoms with Gasteiger partial charge < -0.3 is 5.11 Å². The van der Waals surface area contributed by atoms with Gasteiger partial charge in [0.15, 0.2) is 0 Å². The van der Waals surface area contributed by atoms with Gasteiger partial charge in [0.2, 0.25) is 0 Å². The van der Waals surface area contributed by atoms with Crippen LogP contribution in [0.5, 0.6) is 5.75 Å². The molecule has 2 aromatic carbocycles. The standard InChI is InChI=1S/C16H16Cl2O/c17-11-13(8-12-4-3-6-15(19)10-12)9-14-5-1-2-7-16(14)18/h1-7,10,13,19H,8-9,11H2. The monoisotopic (exact) mass is 294 g/mol. The maximum absolute atomic E-state index is 9.48. The van der Waals surface area contributed by atoms with Crippen LogP contribution in [0.3, 0.4) is 0 Å². The molecule has 0 aliphatic rings. The highest BCUT2D eigenvalue weighted by Gasteiger charge is 2.12. The summed E-state index contributed by atoms with van der Waals surface area (Å²) >= 11 is 12.2. The highest BCUT2D eigenvalue weighted by Crippen LogP contribution is 2.23. The fraction of sp³-hybridized carbons (Fsp3) is 0.250. The molecule has 0 spiro atoms. The predicted octanol–water partition coefficient (Wildman–Crippen LogP) is 4.69. The SMILES string of the molecule is Oc1cccc(CC(CCl)Cc2ccccc2Cl)c1. The quantitative estimate of drug-likeness (QED) is 0.794. The van der Waals surface area contributed by atoms with Gasteiger partial charge in [0, 0.05) is 10.9 Å². The van der Waals surface area contributed by atoms with Gasteiger partial charge in [-0.25, -0.2) is 0 Å². The Labute approximate surface area is 123 Å². The first-order chi connectivity index (χ1) is 9.19. The average molecular weight is 295 g/mol. The fourth-order valence-corrected chi connectivity index (χ4v) is 2.60. The molecule has 0 saturated carbocycles. The molecule has 0 aliphatic carbocycles. The largest absolute Gasteiger partial charge is 0.508 e. The van der Waals surface area contributed by atoms with Gasteiger partial charge in [-0.1, -0.05) is 41.9 Å². The molecule has 100 valence electrons. The molecule has 2 rings (SSSR count). The summed E-state index contributed by atoms with van der Waals surface area (Å²) in [5, 5.41) is 10.3. The van der Waals surface area contributed by atoms with Crippen LogP contribution in [-0.2, 0) is 12.8 Å². The Hall–Kier alpha value is -1.18. The first-order valence-electron chi connectivity index (χ1n) is 6.26. The number of benzene rings is 2. The second-order valence-electron chi connectivity index (χ2n) is 4.69. The maximum atomic E-state index is 9.48. The van der Waals surface area contributed by atoms with Crippen LogP contribution >= 0.6 is 23.2 Å². The number of hydrogen-bond donors (Lipinski definition) is 1. The molecule has 1 nitrogen and oxygen atoms in total. The molecule has 0 fully saturated rings. The lowest BCUT2D eigenvalue weighted by atomic mass is 9.94. The minimum absolute atomic E-state index is 0.295. The number of halogens is 2. The van der Waals surface area contributed by atoms with E-state index in [1.54, 1.807) is 12.1 Å². The van der Waals surface area contributed by atoms with Crippen molar-refractivity contribution in [1.29, 1.82) is 0 Å². The predicted molar refractivity (Wildman–Crippen MR) is 81.2 cm³/mol. The molecular weight excluding hydrogens is 279 g/mol. The van der Waals surface area contributed by atoms with Crippen molar-refractivity contribution >= 4 is 23.2 Å². The second-order valence-corrected chi connectivity index (χ2v) is 5.41. The molecular formula is C16H16Cl2O. The van der Waals surface area contributed by atoms with E-state index >= 15 is 0 Å². The third-order valence-corrected chi connectivity index (χ3v) is 3.92. The minimum atomic E-state index is 0.295. The van der Waals surface area contributed by atoms with Gasteiger partial charge in [0.05, 0.1) is 0 Å². The molecule has 0 aromatic heterocycles. The van der Waals surface area contributed by atoms with E-state index in [1.165, 1.54) is 0 Å². The highest BCUT2D eigenvalue weighted by molar-refractivity contribution is 6.31. The normalized spacial score (nSPS) is 12.3. The molecule has 0 aliphatic heterocycles. The molecule has 1 N–H and O–H groups in total. The zero-order chi connectivity index (χ0) is 13.7. The van der Waals surface area contributed by atoms with E-state index in [9.17, 15) is 5.11 Å². The van der Waals surface area contributed by atoms with Crippen LogP contribution in [-0.4, -0.2) is 11.0 Å². The summed E-state index contributed by atoms with van der Waals surface area (Å²) in [7, 11) is 0. The smallest absolute Gasteiger partial charge is 0.115 e. The lowest BCUT2D eigenvalue weighted by Gasteiger charge is -2.15. The number of hydrogen-bond acceptors (Lipinski definition) is 1. The first-order valence-corrected chi connectivity index (χ1v) is 7.17. The van der Waals surface area contributed by atoms with Crippen LogP contribution in [0.15, 0.2) is 48.5 Å². The zero-order valence-electron chi connectivity index (χ0n) is 10.5. The first kappa shape index (κ1) is 14.2. The van der Waals surface area contributed by atoms with Gasteiger partial charge in [0.25, 0.3) is 0 Å². The summed E-state index contributed by atoms with van der Waals surface area (Å²) in [6.45, 7) is 0. The second kappa shape index (κ2) is 6.83. The molecule has 0 radical (unpaired) electrons. The van der Waals surface area contributed by atoms with Crippen molar-refractivity contribution < 1.29 is 5.11 Å². The van der Waals surface area contributed by atoms with Gasteiger partial charge in [-0.05, 0) is 48.1 Å². The van der Waals surface area contributed by atoms with E-state index in [2.05, 4.69) is 0 Å². The Morgan fingerprint density at radius 3 is 2.47 bits per heavy atom. The number of aromatic hydroxyl groups is 1. The third kappa shape index (κ3) is 4.15. The lowest BCUT2D eigenvalue weighted by Crippen LogP contribution is -2.10. The van der Waals surface area contributed by atoms with E-state index in [-0.39, 0.29) is 0 Å². The van der Waals surface area contributed by atoms with Crippen LogP contribution in [0.25, 0.3) is 0 Å². The molecule has 0 heterocycles. The van der Waals surface area contributed by atoms with Crippen molar-refractivity contribution in [2.45, 2.75) is 12.8 Å². The van der Waals surface area contributed by atoms with Crippen LogP contribution < -0.4 is 0 Å². The van der Waals surface area contributed by atoms with Crippen LogP contribution in [0, 0.1) is 5.92 Å². The van der Waals surface area contributed by atoms with Crippen LogP contribution in [0.4, 0.5) is 0 Å². The molecule has 0 amide bonds. The fourth-order valence-electron chi connectivity index (χ4n) is 2.17. The summed E-state index contributed by atoms with van der Waals surface area (Å²) in [6.07, 6.45) is 1.68. The molecule has 1 unspecified atom stereocenters. The molecule has 3 heteroatoms. The Balaban J connectivity index is 2.07.